The number of aromatic nitrogens is 2. The number of alkyl halides is 3. The van der Waals surface area contributed by atoms with Gasteiger partial charge in [-0.1, -0.05) is 12.1 Å². The maximum Gasteiger partial charge on any atom is 0.416 e. The molecule has 0 saturated carbocycles. The third-order valence-corrected chi connectivity index (χ3v) is 2.83. The molecule has 0 amide bonds. The number of benzene rings is 1. The second-order valence-electron chi connectivity index (χ2n) is 4.30. The lowest BCUT2D eigenvalue weighted by Crippen LogP contribution is -2.29. The molecule has 20 heavy (non-hydrogen) atoms. The Hall–Kier alpha value is -1.99. The van der Waals surface area contributed by atoms with Gasteiger partial charge in [0.2, 0.25) is 0 Å². The molecule has 0 radical (unpaired) electrons. The minimum Gasteiger partial charge on any atom is -0.271 e. The standard InChI is InChI=1S/C13H13F3N4/c1-8-6-19-11(7-18-8)12(20-17)9-2-4-10(5-3-9)13(14,15)16/h2-7,12,20H,17H2,1H3. The van der Waals surface area contributed by atoms with Gasteiger partial charge in [0.05, 0.1) is 29.2 Å². The lowest BCUT2D eigenvalue weighted by molar-refractivity contribution is -0.137. The molecule has 0 aliphatic heterocycles. The van der Waals surface area contributed by atoms with Crippen molar-refractivity contribution in [2.75, 3.05) is 0 Å². The van der Waals surface area contributed by atoms with Crippen LogP contribution in [0.2, 0.25) is 0 Å². The average Bonchev–Trinajstić information content (AvgIpc) is 2.41. The van der Waals surface area contributed by atoms with E-state index in [-0.39, 0.29) is 0 Å². The first kappa shape index (κ1) is 14.4. The van der Waals surface area contributed by atoms with E-state index in [1.807, 2.05) is 0 Å². The predicted molar refractivity (Wildman–Crippen MR) is 67.4 cm³/mol. The molecule has 3 N–H and O–H groups in total. The maximum absolute atomic E-state index is 12.5. The Labute approximate surface area is 113 Å². The fourth-order valence-corrected chi connectivity index (χ4v) is 1.77. The summed E-state index contributed by atoms with van der Waals surface area (Å²) in [6.45, 7) is 1.79. The van der Waals surface area contributed by atoms with Crippen molar-refractivity contribution in [2.45, 2.75) is 19.1 Å². The number of hydrogen-bond acceptors (Lipinski definition) is 4. The monoisotopic (exact) mass is 282 g/mol. The topological polar surface area (TPSA) is 63.8 Å². The van der Waals surface area contributed by atoms with Crippen LogP contribution < -0.4 is 11.3 Å². The Morgan fingerprint density at radius 3 is 2.20 bits per heavy atom. The van der Waals surface area contributed by atoms with Crippen LogP contribution in [-0.2, 0) is 6.18 Å². The van der Waals surface area contributed by atoms with Gasteiger partial charge >= 0.3 is 6.18 Å². The van der Waals surface area contributed by atoms with E-state index in [1.165, 1.54) is 18.3 Å². The van der Waals surface area contributed by atoms with E-state index in [2.05, 4.69) is 15.4 Å². The molecule has 106 valence electrons. The molecule has 7 heteroatoms. The summed E-state index contributed by atoms with van der Waals surface area (Å²) in [5.41, 5.74) is 3.70. The number of hydrogen-bond donors (Lipinski definition) is 2. The van der Waals surface area contributed by atoms with Crippen LogP contribution in [0.5, 0.6) is 0 Å². The second-order valence-corrected chi connectivity index (χ2v) is 4.30. The molecule has 1 aromatic heterocycles. The van der Waals surface area contributed by atoms with Gasteiger partial charge in [-0.15, -0.1) is 0 Å². The zero-order valence-electron chi connectivity index (χ0n) is 10.6. The van der Waals surface area contributed by atoms with Gasteiger partial charge in [0.15, 0.2) is 0 Å². The maximum atomic E-state index is 12.5. The summed E-state index contributed by atoms with van der Waals surface area (Å²) < 4.78 is 37.5. The number of rotatable bonds is 3. The normalized spacial score (nSPS) is 13.2. The van der Waals surface area contributed by atoms with Crippen molar-refractivity contribution < 1.29 is 13.2 Å². The molecule has 2 rings (SSSR count). The zero-order valence-corrected chi connectivity index (χ0v) is 10.6. The Balaban J connectivity index is 2.30. The fourth-order valence-electron chi connectivity index (χ4n) is 1.77. The van der Waals surface area contributed by atoms with E-state index < -0.39 is 17.8 Å². The van der Waals surface area contributed by atoms with Gasteiger partial charge in [0, 0.05) is 6.20 Å². The number of hydrazine groups is 1. The van der Waals surface area contributed by atoms with Crippen LogP contribution in [0.15, 0.2) is 36.7 Å². The van der Waals surface area contributed by atoms with Crippen molar-refractivity contribution in [3.05, 3.63) is 59.2 Å². The number of nitrogens with two attached hydrogens (primary N) is 1. The lowest BCUT2D eigenvalue weighted by Gasteiger charge is -2.16. The summed E-state index contributed by atoms with van der Waals surface area (Å²) >= 11 is 0. The van der Waals surface area contributed by atoms with Crippen LogP contribution in [-0.4, -0.2) is 9.97 Å². The second kappa shape index (κ2) is 5.56. The van der Waals surface area contributed by atoms with Crippen molar-refractivity contribution in [3.8, 4) is 0 Å². The molecular weight excluding hydrogens is 269 g/mol. The molecule has 0 fully saturated rings. The van der Waals surface area contributed by atoms with Crippen molar-refractivity contribution in [2.24, 2.45) is 5.84 Å². The smallest absolute Gasteiger partial charge is 0.271 e. The first-order valence-corrected chi connectivity index (χ1v) is 5.83. The predicted octanol–water partition coefficient (Wildman–Crippen LogP) is 2.36. The van der Waals surface area contributed by atoms with Crippen LogP contribution in [0.4, 0.5) is 13.2 Å². The van der Waals surface area contributed by atoms with E-state index in [0.717, 1.165) is 17.8 Å². The number of aryl methyl sites for hydroxylation is 1. The lowest BCUT2D eigenvalue weighted by atomic mass is 10.0. The molecule has 4 nitrogen and oxygen atoms in total. The minimum absolute atomic E-state index is 0.509. The molecule has 2 aromatic rings. The molecule has 0 bridgehead atoms. The summed E-state index contributed by atoms with van der Waals surface area (Å²) in [6.07, 6.45) is -1.24. The third kappa shape index (κ3) is 3.12. The van der Waals surface area contributed by atoms with Crippen molar-refractivity contribution in [1.82, 2.24) is 15.4 Å². The molecule has 1 aromatic carbocycles. The van der Waals surface area contributed by atoms with Crippen molar-refractivity contribution >= 4 is 0 Å². The summed E-state index contributed by atoms with van der Waals surface area (Å²) in [7, 11) is 0. The van der Waals surface area contributed by atoms with E-state index in [4.69, 9.17) is 5.84 Å². The van der Waals surface area contributed by atoms with Gasteiger partial charge in [0.25, 0.3) is 0 Å². The van der Waals surface area contributed by atoms with E-state index in [1.54, 1.807) is 13.1 Å². The number of nitrogens with one attached hydrogen (secondary N) is 1. The minimum atomic E-state index is -4.35. The van der Waals surface area contributed by atoms with Gasteiger partial charge in [-0.3, -0.25) is 15.8 Å². The van der Waals surface area contributed by atoms with Crippen LogP contribution in [0.1, 0.15) is 28.6 Å². The molecular formula is C13H13F3N4. The fraction of sp³-hybridized carbons (Fsp3) is 0.231. The van der Waals surface area contributed by atoms with Crippen LogP contribution >= 0.6 is 0 Å². The SMILES string of the molecule is Cc1cnc(C(NN)c2ccc(C(F)(F)F)cc2)cn1. The first-order chi connectivity index (χ1) is 9.41. The van der Waals surface area contributed by atoms with E-state index in [9.17, 15) is 13.2 Å². The van der Waals surface area contributed by atoms with Crippen molar-refractivity contribution in [3.63, 3.8) is 0 Å². The Kier molecular flexibility index (Phi) is 4.01. The highest BCUT2D eigenvalue weighted by molar-refractivity contribution is 5.31. The summed E-state index contributed by atoms with van der Waals surface area (Å²) in [5.74, 6) is 5.46. The van der Waals surface area contributed by atoms with Gasteiger partial charge in [-0.05, 0) is 24.6 Å². The quantitative estimate of drug-likeness (QED) is 0.670. The van der Waals surface area contributed by atoms with Gasteiger partial charge in [-0.2, -0.15) is 13.2 Å². The first-order valence-electron chi connectivity index (χ1n) is 5.83. The molecule has 1 atom stereocenters. The Morgan fingerprint density at radius 2 is 1.75 bits per heavy atom. The number of nitrogens with zero attached hydrogens (tertiary/aromatic N) is 2. The molecule has 0 saturated heterocycles. The molecule has 0 spiro atoms. The highest BCUT2D eigenvalue weighted by atomic mass is 19.4. The van der Waals surface area contributed by atoms with Crippen LogP contribution in [0, 0.1) is 6.92 Å². The van der Waals surface area contributed by atoms with Gasteiger partial charge in [0.1, 0.15) is 0 Å². The Morgan fingerprint density at radius 1 is 1.10 bits per heavy atom. The largest absolute Gasteiger partial charge is 0.416 e. The summed E-state index contributed by atoms with van der Waals surface area (Å²) in [4.78, 5) is 8.26. The molecule has 0 aliphatic rings. The third-order valence-electron chi connectivity index (χ3n) is 2.83. The average molecular weight is 282 g/mol. The zero-order chi connectivity index (χ0) is 14.8. The molecule has 0 aliphatic carbocycles. The van der Waals surface area contributed by atoms with Crippen LogP contribution in [0.3, 0.4) is 0 Å². The summed E-state index contributed by atoms with van der Waals surface area (Å²) in [5, 5.41) is 0. The highest BCUT2D eigenvalue weighted by Gasteiger charge is 2.30. The summed E-state index contributed by atoms with van der Waals surface area (Å²) in [6, 6.07) is 4.26. The molecule has 1 heterocycles. The van der Waals surface area contributed by atoms with E-state index >= 15 is 0 Å². The van der Waals surface area contributed by atoms with Gasteiger partial charge < -0.3 is 0 Å². The number of halogens is 3. The van der Waals surface area contributed by atoms with Gasteiger partial charge in [-0.25, -0.2) is 5.43 Å². The van der Waals surface area contributed by atoms with E-state index in [0.29, 0.717) is 11.3 Å². The van der Waals surface area contributed by atoms with Crippen molar-refractivity contribution in [1.29, 1.82) is 0 Å². The van der Waals surface area contributed by atoms with Crippen LogP contribution in [0.25, 0.3) is 0 Å². The highest BCUT2D eigenvalue weighted by Crippen LogP contribution is 2.30. The molecule has 1 unspecified atom stereocenters. The Bertz CT molecular complexity index is 564.